The van der Waals surface area contributed by atoms with Gasteiger partial charge in [0.2, 0.25) is 5.91 Å². The number of hydrogen-bond acceptors (Lipinski definition) is 5. The Morgan fingerprint density at radius 2 is 2.13 bits per heavy atom. The van der Waals surface area contributed by atoms with E-state index >= 15 is 0 Å². The summed E-state index contributed by atoms with van der Waals surface area (Å²) in [4.78, 5) is 15.5. The van der Waals surface area contributed by atoms with Crippen LogP contribution in [-0.4, -0.2) is 45.9 Å². The number of carbonyl (C=O) groups is 1. The number of carbonyl (C=O) groups excluding carboxylic acids is 1. The average Bonchev–Trinajstić information content (AvgIpc) is 2.38. The molecule has 23 heavy (non-hydrogen) atoms. The second kappa shape index (κ2) is 8.02. The number of methoxy groups -OCH3 is 1. The number of hydrogen-bond donors (Lipinski definition) is 2. The molecule has 0 heterocycles. The predicted molar refractivity (Wildman–Crippen MR) is 86.7 cm³/mol. The van der Waals surface area contributed by atoms with Gasteiger partial charge in [-0.05, 0) is 25.1 Å². The Morgan fingerprint density at radius 3 is 2.65 bits per heavy atom. The zero-order valence-electron chi connectivity index (χ0n) is 13.2. The molecule has 0 bridgehead atoms. The Kier molecular flexibility index (Phi) is 6.64. The van der Waals surface area contributed by atoms with Gasteiger partial charge in [-0.2, -0.15) is 0 Å². The zero-order chi connectivity index (χ0) is 17.6. The van der Waals surface area contributed by atoms with Crippen LogP contribution in [0.1, 0.15) is 18.5 Å². The normalized spacial score (nSPS) is 13.7. The molecule has 3 N–H and O–H groups in total. The topological polar surface area (TPSA) is 111 Å². The summed E-state index contributed by atoms with van der Waals surface area (Å²) >= 11 is 0. The molecule has 1 aromatic carbocycles. The van der Waals surface area contributed by atoms with Gasteiger partial charge >= 0.3 is 0 Å². The summed E-state index contributed by atoms with van der Waals surface area (Å²) in [6.45, 7) is 1.33. The van der Waals surface area contributed by atoms with Crippen LogP contribution in [0.2, 0.25) is 0 Å². The maximum Gasteiger partial charge on any atom is 0.250 e. The monoisotopic (exact) mass is 345 g/mol. The summed E-state index contributed by atoms with van der Waals surface area (Å²) in [6, 6.07) is 2.84. The van der Waals surface area contributed by atoms with Gasteiger partial charge in [0, 0.05) is 24.6 Å². The van der Waals surface area contributed by atoms with E-state index in [1.54, 1.807) is 0 Å². The van der Waals surface area contributed by atoms with Crippen molar-refractivity contribution in [2.45, 2.75) is 13.0 Å². The van der Waals surface area contributed by atoms with Gasteiger partial charge in [-0.25, -0.2) is 12.8 Å². The van der Waals surface area contributed by atoms with Crippen molar-refractivity contribution in [1.82, 2.24) is 0 Å². The van der Waals surface area contributed by atoms with Crippen LogP contribution in [0.3, 0.4) is 0 Å². The van der Waals surface area contributed by atoms with Crippen molar-refractivity contribution in [2.75, 3.05) is 31.0 Å². The first-order valence-corrected chi connectivity index (χ1v) is 8.74. The smallest absolute Gasteiger partial charge is 0.250 e. The molecule has 7 nitrogen and oxygen atoms in total. The van der Waals surface area contributed by atoms with Gasteiger partial charge in [-0.15, -0.1) is 0 Å². The van der Waals surface area contributed by atoms with Crippen LogP contribution >= 0.6 is 0 Å². The maximum absolute atomic E-state index is 14.1. The van der Waals surface area contributed by atoms with Crippen LogP contribution in [0.4, 0.5) is 10.1 Å². The number of halogens is 1. The fraction of sp³-hybridized carbons (Fsp3) is 0.429. The molecule has 0 aliphatic heterocycles. The third-order valence-corrected chi connectivity index (χ3v) is 3.66. The van der Waals surface area contributed by atoms with E-state index in [4.69, 9.17) is 10.5 Å². The summed E-state index contributed by atoms with van der Waals surface area (Å²) in [5.41, 5.74) is 5.85. The molecule has 0 aliphatic carbocycles. The molecule has 0 saturated carbocycles. The highest BCUT2D eigenvalue weighted by molar-refractivity contribution is 7.90. The van der Waals surface area contributed by atoms with Crippen LogP contribution in [0.25, 0.3) is 0 Å². The molecule has 0 fully saturated rings. The highest BCUT2D eigenvalue weighted by atomic mass is 32.2. The first-order valence-electron chi connectivity index (χ1n) is 6.68. The number of nitrogens with zero attached hydrogens (tertiary/aromatic N) is 1. The minimum atomic E-state index is -3.42. The van der Waals surface area contributed by atoms with Gasteiger partial charge in [-0.3, -0.25) is 9.79 Å². The molecule has 0 aliphatic rings. The van der Waals surface area contributed by atoms with E-state index in [2.05, 4.69) is 10.3 Å². The van der Waals surface area contributed by atoms with E-state index in [-0.39, 0.29) is 18.0 Å². The van der Waals surface area contributed by atoms with Crippen LogP contribution in [0, 0.1) is 5.82 Å². The number of benzene rings is 1. The summed E-state index contributed by atoms with van der Waals surface area (Å²) in [5.74, 6) is -1.31. The average molecular weight is 345 g/mol. The molecular weight excluding hydrogens is 325 g/mol. The van der Waals surface area contributed by atoms with Gasteiger partial charge in [0.05, 0.1) is 17.6 Å². The molecule has 0 spiro atoms. The first kappa shape index (κ1) is 19.0. The van der Waals surface area contributed by atoms with Crippen molar-refractivity contribution < 1.29 is 22.3 Å². The minimum Gasteiger partial charge on any atom is -0.388 e. The van der Waals surface area contributed by atoms with Crippen LogP contribution in [-0.2, 0) is 19.4 Å². The molecule has 1 amide bonds. The Hall–Kier alpha value is -2.00. The SMILES string of the molecule is COCC(=O)Nc1ccc(F)c(C(CS(C)(=O)=O)N=C(C)N)c1. The third-order valence-electron chi connectivity index (χ3n) is 2.73. The number of amides is 1. The quantitative estimate of drug-likeness (QED) is 0.563. The largest absolute Gasteiger partial charge is 0.388 e. The lowest BCUT2D eigenvalue weighted by Crippen LogP contribution is -2.19. The summed E-state index contributed by atoms with van der Waals surface area (Å²) < 4.78 is 41.9. The maximum atomic E-state index is 14.1. The Labute approximate surface area is 134 Å². The van der Waals surface area contributed by atoms with Crippen LogP contribution in [0.5, 0.6) is 0 Å². The summed E-state index contributed by atoms with van der Waals surface area (Å²) in [7, 11) is -2.04. The standard InChI is InChI=1S/C14H20FN3O4S/c1-9(16)17-13(8-23(3,20)21)11-6-10(4-5-12(11)15)18-14(19)7-22-2/h4-6,13H,7-8H2,1-3H3,(H2,16,17)(H,18,19). The van der Waals surface area contributed by atoms with Gasteiger partial charge in [-0.1, -0.05) is 0 Å². The number of amidine groups is 1. The van der Waals surface area contributed by atoms with Crippen molar-refractivity contribution in [2.24, 2.45) is 10.7 Å². The van der Waals surface area contributed by atoms with Crippen molar-refractivity contribution in [3.63, 3.8) is 0 Å². The number of sulfone groups is 1. The fourth-order valence-corrected chi connectivity index (χ4v) is 2.76. The minimum absolute atomic E-state index is 0.0374. The lowest BCUT2D eigenvalue weighted by atomic mass is 10.1. The lowest BCUT2D eigenvalue weighted by Gasteiger charge is -2.15. The second-order valence-electron chi connectivity index (χ2n) is 5.10. The van der Waals surface area contributed by atoms with Crippen molar-refractivity contribution in [3.8, 4) is 0 Å². The van der Waals surface area contributed by atoms with E-state index in [0.29, 0.717) is 5.69 Å². The second-order valence-corrected chi connectivity index (χ2v) is 7.28. The third kappa shape index (κ3) is 6.74. The number of nitrogens with two attached hydrogens (primary N) is 1. The lowest BCUT2D eigenvalue weighted by molar-refractivity contribution is -0.119. The molecule has 9 heteroatoms. The van der Waals surface area contributed by atoms with E-state index in [1.165, 1.54) is 26.2 Å². The zero-order valence-corrected chi connectivity index (χ0v) is 14.0. The van der Waals surface area contributed by atoms with E-state index in [9.17, 15) is 17.6 Å². The number of anilines is 1. The Bertz CT molecular complexity index is 700. The van der Waals surface area contributed by atoms with E-state index in [1.807, 2.05) is 0 Å². The molecule has 0 radical (unpaired) electrons. The number of aliphatic imine (C=N–C) groups is 1. The molecule has 1 rings (SSSR count). The molecule has 0 aromatic heterocycles. The first-order chi connectivity index (χ1) is 10.6. The number of nitrogens with one attached hydrogen (secondary N) is 1. The van der Waals surface area contributed by atoms with Gasteiger partial charge < -0.3 is 15.8 Å². The molecule has 128 valence electrons. The van der Waals surface area contributed by atoms with Gasteiger partial charge in [0.15, 0.2) is 0 Å². The fourth-order valence-electron chi connectivity index (χ4n) is 1.93. The van der Waals surface area contributed by atoms with Gasteiger partial charge in [0.25, 0.3) is 0 Å². The molecule has 0 saturated heterocycles. The van der Waals surface area contributed by atoms with Gasteiger partial charge in [0.1, 0.15) is 22.3 Å². The number of ether oxygens (including phenoxy) is 1. The summed E-state index contributed by atoms with van der Waals surface area (Å²) in [5, 5.41) is 2.52. The van der Waals surface area contributed by atoms with E-state index < -0.39 is 33.4 Å². The Balaban J connectivity index is 3.19. The molecular formula is C14H20FN3O4S. The molecule has 1 atom stereocenters. The van der Waals surface area contributed by atoms with Crippen molar-refractivity contribution in [3.05, 3.63) is 29.6 Å². The highest BCUT2D eigenvalue weighted by Crippen LogP contribution is 2.25. The van der Waals surface area contributed by atoms with E-state index in [0.717, 1.165) is 12.3 Å². The number of rotatable bonds is 7. The molecule has 1 aromatic rings. The summed E-state index contributed by atoms with van der Waals surface area (Å²) in [6.07, 6.45) is 1.03. The van der Waals surface area contributed by atoms with Crippen LogP contribution in [0.15, 0.2) is 23.2 Å². The van der Waals surface area contributed by atoms with Crippen LogP contribution < -0.4 is 11.1 Å². The molecule has 1 unspecified atom stereocenters. The van der Waals surface area contributed by atoms with Crippen molar-refractivity contribution in [1.29, 1.82) is 0 Å². The predicted octanol–water partition coefficient (Wildman–Crippen LogP) is 0.873. The Morgan fingerprint density at radius 1 is 1.48 bits per heavy atom. The highest BCUT2D eigenvalue weighted by Gasteiger charge is 2.21. The van der Waals surface area contributed by atoms with Crippen molar-refractivity contribution >= 4 is 27.3 Å².